The Hall–Kier alpha value is -0.670. The molecule has 0 aliphatic rings. The molecule has 0 bridgehead atoms. The minimum Gasteiger partial charge on any atom is -0.398 e. The second-order valence-corrected chi connectivity index (χ2v) is 4.39. The van der Waals surface area contributed by atoms with Gasteiger partial charge in [-0.25, -0.2) is 0 Å². The van der Waals surface area contributed by atoms with Gasteiger partial charge < -0.3 is 10.5 Å². The molecule has 0 radical (unpaired) electrons. The zero-order valence-electron chi connectivity index (χ0n) is 8.91. The van der Waals surface area contributed by atoms with Crippen molar-refractivity contribution in [3.8, 4) is 0 Å². The van der Waals surface area contributed by atoms with E-state index in [9.17, 15) is 0 Å². The molecule has 1 aromatic rings. The van der Waals surface area contributed by atoms with Gasteiger partial charge in [-0.3, -0.25) is 0 Å². The van der Waals surface area contributed by atoms with E-state index in [1.807, 2.05) is 12.1 Å². The Balaban J connectivity index is 2.63. The number of hydrogen-bond donors (Lipinski definition) is 1. The van der Waals surface area contributed by atoms with Crippen LogP contribution >= 0.6 is 11.8 Å². The molecule has 0 aliphatic heterocycles. The van der Waals surface area contributed by atoms with E-state index in [0.29, 0.717) is 0 Å². The lowest BCUT2D eigenvalue weighted by atomic mass is 10.2. The molecule has 2 N–H and O–H groups in total. The highest BCUT2D eigenvalue weighted by Crippen LogP contribution is 2.26. The molecule has 0 aromatic heterocycles. The molecule has 1 aromatic carbocycles. The summed E-state index contributed by atoms with van der Waals surface area (Å²) >= 11 is 1.79. The summed E-state index contributed by atoms with van der Waals surface area (Å²) < 4.78 is 5.19. The van der Waals surface area contributed by atoms with Crippen LogP contribution in [0.4, 0.5) is 5.69 Å². The Kier molecular flexibility index (Phi) is 4.29. The smallest absolute Gasteiger partial charge is 0.0637 e. The lowest BCUT2D eigenvalue weighted by molar-refractivity contribution is 0.138. The normalized spacial score (nSPS) is 12.8. The molecule has 1 unspecified atom stereocenters. The molecule has 2 nitrogen and oxygen atoms in total. The van der Waals surface area contributed by atoms with Crippen molar-refractivity contribution in [2.45, 2.75) is 24.8 Å². The summed E-state index contributed by atoms with van der Waals surface area (Å²) in [6.45, 7) is 4.11. The standard InChI is InChI=1S/C11H17NOS/c1-8(13-3)7-14-11-6-4-5-10(12)9(11)2/h4-6,8H,7,12H2,1-3H3. The predicted molar refractivity (Wildman–Crippen MR) is 62.8 cm³/mol. The SMILES string of the molecule is COC(C)CSc1cccc(N)c1C. The largest absolute Gasteiger partial charge is 0.398 e. The van der Waals surface area contributed by atoms with Gasteiger partial charge in [-0.05, 0) is 31.5 Å². The number of methoxy groups -OCH3 is 1. The van der Waals surface area contributed by atoms with Crippen LogP contribution in [-0.4, -0.2) is 19.0 Å². The molecule has 78 valence electrons. The zero-order chi connectivity index (χ0) is 10.6. The van der Waals surface area contributed by atoms with Crippen LogP contribution in [0.2, 0.25) is 0 Å². The van der Waals surface area contributed by atoms with Gasteiger partial charge in [-0.15, -0.1) is 11.8 Å². The average molecular weight is 211 g/mol. The molecular weight excluding hydrogens is 194 g/mol. The maximum atomic E-state index is 5.81. The molecule has 0 spiro atoms. The van der Waals surface area contributed by atoms with Gasteiger partial charge in [0, 0.05) is 23.4 Å². The van der Waals surface area contributed by atoms with Gasteiger partial charge in [0.1, 0.15) is 0 Å². The number of ether oxygens (including phenoxy) is 1. The number of nitrogen functional groups attached to an aromatic ring is 1. The van der Waals surface area contributed by atoms with E-state index >= 15 is 0 Å². The van der Waals surface area contributed by atoms with Gasteiger partial charge in [0.15, 0.2) is 0 Å². The van der Waals surface area contributed by atoms with Gasteiger partial charge in [0.25, 0.3) is 0 Å². The maximum absolute atomic E-state index is 5.81. The van der Waals surface area contributed by atoms with Crippen molar-refractivity contribution in [3.05, 3.63) is 23.8 Å². The molecule has 0 saturated carbocycles. The van der Waals surface area contributed by atoms with Crippen LogP contribution in [-0.2, 0) is 4.74 Å². The van der Waals surface area contributed by atoms with Crippen LogP contribution in [0.1, 0.15) is 12.5 Å². The number of nitrogens with two attached hydrogens (primary N) is 1. The highest BCUT2D eigenvalue weighted by molar-refractivity contribution is 7.99. The first-order valence-corrected chi connectivity index (χ1v) is 5.64. The fourth-order valence-electron chi connectivity index (χ4n) is 1.06. The van der Waals surface area contributed by atoms with Crippen LogP contribution in [0.15, 0.2) is 23.1 Å². The van der Waals surface area contributed by atoms with Crippen LogP contribution in [0.25, 0.3) is 0 Å². The van der Waals surface area contributed by atoms with Gasteiger partial charge in [-0.1, -0.05) is 6.07 Å². The first-order valence-electron chi connectivity index (χ1n) is 4.66. The van der Waals surface area contributed by atoms with Gasteiger partial charge in [0.2, 0.25) is 0 Å². The fourth-order valence-corrected chi connectivity index (χ4v) is 2.12. The van der Waals surface area contributed by atoms with Crippen molar-refractivity contribution in [1.82, 2.24) is 0 Å². The maximum Gasteiger partial charge on any atom is 0.0637 e. The second-order valence-electron chi connectivity index (χ2n) is 3.33. The Labute approximate surface area is 89.8 Å². The highest BCUT2D eigenvalue weighted by Gasteiger charge is 2.04. The second kappa shape index (κ2) is 5.27. The summed E-state index contributed by atoms with van der Waals surface area (Å²) in [6.07, 6.45) is 0.279. The van der Waals surface area contributed by atoms with Gasteiger partial charge in [-0.2, -0.15) is 0 Å². The third kappa shape index (κ3) is 2.93. The molecule has 0 heterocycles. The third-order valence-electron chi connectivity index (χ3n) is 2.20. The molecule has 14 heavy (non-hydrogen) atoms. The summed E-state index contributed by atoms with van der Waals surface area (Å²) in [7, 11) is 1.73. The zero-order valence-corrected chi connectivity index (χ0v) is 9.73. The van der Waals surface area contributed by atoms with Crippen molar-refractivity contribution in [2.24, 2.45) is 0 Å². The molecular formula is C11H17NOS. The van der Waals surface area contributed by atoms with Gasteiger partial charge >= 0.3 is 0 Å². The molecule has 1 atom stereocenters. The van der Waals surface area contributed by atoms with Crippen LogP contribution in [0.5, 0.6) is 0 Å². The number of anilines is 1. The fraction of sp³-hybridized carbons (Fsp3) is 0.455. The van der Waals surface area contributed by atoms with E-state index in [4.69, 9.17) is 10.5 Å². The number of benzene rings is 1. The highest BCUT2D eigenvalue weighted by atomic mass is 32.2. The third-order valence-corrected chi connectivity index (χ3v) is 3.59. The average Bonchev–Trinajstić information content (AvgIpc) is 2.20. The van der Waals surface area contributed by atoms with Crippen molar-refractivity contribution in [3.63, 3.8) is 0 Å². The van der Waals surface area contributed by atoms with Gasteiger partial charge in [0.05, 0.1) is 6.10 Å². The summed E-state index contributed by atoms with van der Waals surface area (Å²) in [5.41, 5.74) is 7.84. The first kappa shape index (κ1) is 11.4. The summed E-state index contributed by atoms with van der Waals surface area (Å²) in [6, 6.07) is 6.01. The monoisotopic (exact) mass is 211 g/mol. The van der Waals surface area contributed by atoms with E-state index in [1.54, 1.807) is 18.9 Å². The molecule has 0 fully saturated rings. The molecule has 3 heteroatoms. The number of thioether (sulfide) groups is 1. The molecule has 0 amide bonds. The topological polar surface area (TPSA) is 35.2 Å². The summed E-state index contributed by atoms with van der Waals surface area (Å²) in [5, 5.41) is 0. The molecule has 0 saturated heterocycles. The lowest BCUT2D eigenvalue weighted by Crippen LogP contribution is -2.07. The Bertz CT molecular complexity index is 301. The minimum absolute atomic E-state index is 0.279. The number of hydrogen-bond acceptors (Lipinski definition) is 3. The minimum atomic E-state index is 0.279. The number of rotatable bonds is 4. The quantitative estimate of drug-likeness (QED) is 0.614. The summed E-state index contributed by atoms with van der Waals surface area (Å²) in [4.78, 5) is 1.24. The predicted octanol–water partition coefficient (Wildman–Crippen LogP) is 2.70. The van der Waals surface area contributed by atoms with E-state index in [-0.39, 0.29) is 6.10 Å². The Morgan fingerprint density at radius 2 is 2.21 bits per heavy atom. The molecule has 0 aliphatic carbocycles. The van der Waals surface area contributed by atoms with E-state index in [1.165, 1.54) is 10.5 Å². The van der Waals surface area contributed by atoms with Crippen molar-refractivity contribution >= 4 is 17.4 Å². The van der Waals surface area contributed by atoms with Crippen LogP contribution in [0, 0.1) is 6.92 Å². The van der Waals surface area contributed by atoms with Crippen molar-refractivity contribution in [2.75, 3.05) is 18.6 Å². The van der Waals surface area contributed by atoms with E-state index in [0.717, 1.165) is 11.4 Å². The Morgan fingerprint density at radius 1 is 1.50 bits per heavy atom. The van der Waals surface area contributed by atoms with Crippen LogP contribution < -0.4 is 5.73 Å². The molecule has 1 rings (SSSR count). The van der Waals surface area contributed by atoms with Crippen LogP contribution in [0.3, 0.4) is 0 Å². The first-order chi connectivity index (χ1) is 6.65. The lowest BCUT2D eigenvalue weighted by Gasteiger charge is -2.11. The Morgan fingerprint density at radius 3 is 2.86 bits per heavy atom. The summed E-state index contributed by atoms with van der Waals surface area (Å²) in [5.74, 6) is 0.959. The van der Waals surface area contributed by atoms with E-state index < -0.39 is 0 Å². The van der Waals surface area contributed by atoms with Crippen molar-refractivity contribution < 1.29 is 4.74 Å². The van der Waals surface area contributed by atoms with E-state index in [2.05, 4.69) is 19.9 Å². The van der Waals surface area contributed by atoms with Crippen molar-refractivity contribution in [1.29, 1.82) is 0 Å².